The van der Waals surface area contributed by atoms with Crippen LogP contribution in [0.2, 0.25) is 0 Å². The molecular formula is C18H23N3O2S. The molecule has 128 valence electrons. The molecule has 0 spiro atoms. The van der Waals surface area contributed by atoms with E-state index >= 15 is 0 Å². The van der Waals surface area contributed by atoms with E-state index in [2.05, 4.69) is 33.5 Å². The summed E-state index contributed by atoms with van der Waals surface area (Å²) in [5.41, 5.74) is 1.41. The van der Waals surface area contributed by atoms with Gasteiger partial charge in [0.05, 0.1) is 6.10 Å². The molecular weight excluding hydrogens is 322 g/mol. The van der Waals surface area contributed by atoms with Crippen molar-refractivity contribution in [1.82, 2.24) is 15.1 Å². The number of rotatable bonds is 4. The molecule has 5 rings (SSSR count). The number of ether oxygens (including phenoxy) is 1. The van der Waals surface area contributed by atoms with Crippen LogP contribution in [0, 0.1) is 12.8 Å². The molecule has 0 aromatic carbocycles. The van der Waals surface area contributed by atoms with Crippen LogP contribution in [0.4, 0.5) is 0 Å². The number of aryl methyl sites for hydroxylation is 1. The third kappa shape index (κ3) is 2.80. The van der Waals surface area contributed by atoms with E-state index in [9.17, 15) is 0 Å². The quantitative estimate of drug-likeness (QED) is 0.846. The van der Waals surface area contributed by atoms with Crippen molar-refractivity contribution in [3.63, 3.8) is 0 Å². The SMILES string of the molecule is Cc1ccsc1CN1CC[C@H]2C[C@@H](c3nnc(C4CC4)o3)O[C@H]2C1. The maximum absolute atomic E-state index is 6.31. The highest BCUT2D eigenvalue weighted by Crippen LogP contribution is 2.43. The van der Waals surface area contributed by atoms with Crippen molar-refractivity contribution in [2.75, 3.05) is 13.1 Å². The van der Waals surface area contributed by atoms with Gasteiger partial charge >= 0.3 is 0 Å². The number of piperidine rings is 1. The third-order valence-electron chi connectivity index (χ3n) is 5.63. The Labute approximate surface area is 146 Å². The Balaban J connectivity index is 1.23. The summed E-state index contributed by atoms with van der Waals surface area (Å²) in [6.07, 6.45) is 4.92. The number of likely N-dealkylation sites (tertiary alicyclic amines) is 1. The van der Waals surface area contributed by atoms with E-state index in [-0.39, 0.29) is 6.10 Å². The Kier molecular flexibility index (Phi) is 3.72. The van der Waals surface area contributed by atoms with Gasteiger partial charge in [-0.25, -0.2) is 0 Å². The molecule has 5 nitrogen and oxygen atoms in total. The van der Waals surface area contributed by atoms with Crippen molar-refractivity contribution >= 4 is 11.3 Å². The molecule has 3 atom stereocenters. The van der Waals surface area contributed by atoms with E-state index in [4.69, 9.17) is 9.15 Å². The molecule has 24 heavy (non-hydrogen) atoms. The number of aromatic nitrogens is 2. The van der Waals surface area contributed by atoms with Crippen molar-refractivity contribution in [3.8, 4) is 0 Å². The monoisotopic (exact) mass is 345 g/mol. The number of hydrogen-bond acceptors (Lipinski definition) is 6. The van der Waals surface area contributed by atoms with Crippen LogP contribution in [-0.2, 0) is 11.3 Å². The maximum atomic E-state index is 6.31. The summed E-state index contributed by atoms with van der Waals surface area (Å²) in [4.78, 5) is 4.01. The standard InChI is InChI=1S/C18H23N3O2S/c1-11-5-7-24-16(11)10-21-6-4-13-8-14(22-15(13)9-21)18-20-19-17(23-18)12-2-3-12/h5,7,12-15H,2-4,6,8-10H2,1H3/t13-,14-,15-/m0/s1. The van der Waals surface area contributed by atoms with Gasteiger partial charge in [-0.15, -0.1) is 21.5 Å². The van der Waals surface area contributed by atoms with Crippen LogP contribution in [-0.4, -0.2) is 34.3 Å². The van der Waals surface area contributed by atoms with Crippen LogP contribution in [0.3, 0.4) is 0 Å². The van der Waals surface area contributed by atoms with Crippen LogP contribution < -0.4 is 0 Å². The molecule has 0 bridgehead atoms. The van der Waals surface area contributed by atoms with Gasteiger partial charge < -0.3 is 9.15 Å². The maximum Gasteiger partial charge on any atom is 0.245 e. The van der Waals surface area contributed by atoms with Crippen LogP contribution >= 0.6 is 11.3 Å². The lowest BCUT2D eigenvalue weighted by Crippen LogP contribution is -2.41. The predicted molar refractivity (Wildman–Crippen MR) is 90.9 cm³/mol. The van der Waals surface area contributed by atoms with E-state index < -0.39 is 0 Å². The lowest BCUT2D eigenvalue weighted by atomic mass is 9.91. The molecule has 4 heterocycles. The first kappa shape index (κ1) is 15.0. The van der Waals surface area contributed by atoms with Gasteiger partial charge in [-0.3, -0.25) is 4.90 Å². The summed E-state index contributed by atoms with van der Waals surface area (Å²) in [6.45, 7) is 5.43. The van der Waals surface area contributed by atoms with Gasteiger partial charge in [-0.1, -0.05) is 0 Å². The van der Waals surface area contributed by atoms with Gasteiger partial charge in [0.25, 0.3) is 0 Å². The summed E-state index contributed by atoms with van der Waals surface area (Å²) in [5, 5.41) is 10.7. The minimum absolute atomic E-state index is 0.00317. The Morgan fingerprint density at radius 2 is 2.12 bits per heavy atom. The van der Waals surface area contributed by atoms with Gasteiger partial charge in [0.1, 0.15) is 6.10 Å². The Morgan fingerprint density at radius 1 is 1.25 bits per heavy atom. The largest absolute Gasteiger partial charge is 0.422 e. The lowest BCUT2D eigenvalue weighted by molar-refractivity contribution is -0.0175. The summed E-state index contributed by atoms with van der Waals surface area (Å²) in [6, 6.07) is 2.21. The van der Waals surface area contributed by atoms with Gasteiger partial charge in [0, 0.05) is 23.9 Å². The normalized spacial score (nSPS) is 30.6. The second-order valence-corrected chi connectivity index (χ2v) is 8.46. The first-order valence-electron chi connectivity index (χ1n) is 9.00. The fraction of sp³-hybridized carbons (Fsp3) is 0.667. The van der Waals surface area contributed by atoms with Gasteiger partial charge in [0.15, 0.2) is 0 Å². The summed E-state index contributed by atoms with van der Waals surface area (Å²) >= 11 is 1.86. The van der Waals surface area contributed by atoms with E-state index in [1.54, 1.807) is 0 Å². The molecule has 0 unspecified atom stereocenters. The van der Waals surface area contributed by atoms with Crippen LogP contribution in [0.15, 0.2) is 15.9 Å². The first-order chi connectivity index (χ1) is 11.8. The number of thiophene rings is 1. The smallest absolute Gasteiger partial charge is 0.245 e. The molecule has 0 radical (unpaired) electrons. The molecule has 0 amide bonds. The first-order valence-corrected chi connectivity index (χ1v) is 9.88. The molecule has 2 aromatic heterocycles. The zero-order valence-corrected chi connectivity index (χ0v) is 14.8. The van der Waals surface area contributed by atoms with Crippen molar-refractivity contribution < 1.29 is 9.15 Å². The predicted octanol–water partition coefficient (Wildman–Crippen LogP) is 3.67. The zero-order chi connectivity index (χ0) is 16.1. The van der Waals surface area contributed by atoms with Crippen molar-refractivity contribution in [2.24, 2.45) is 5.92 Å². The molecule has 6 heteroatoms. The highest BCUT2D eigenvalue weighted by molar-refractivity contribution is 7.10. The lowest BCUT2D eigenvalue weighted by Gasteiger charge is -2.33. The summed E-state index contributed by atoms with van der Waals surface area (Å²) in [7, 11) is 0. The van der Waals surface area contributed by atoms with Gasteiger partial charge in [0.2, 0.25) is 11.8 Å². The van der Waals surface area contributed by atoms with Crippen molar-refractivity contribution in [1.29, 1.82) is 0 Å². The van der Waals surface area contributed by atoms with Crippen molar-refractivity contribution in [2.45, 2.75) is 57.3 Å². The van der Waals surface area contributed by atoms with Crippen LogP contribution in [0.25, 0.3) is 0 Å². The Bertz CT molecular complexity index is 723. The second-order valence-electron chi connectivity index (χ2n) is 7.46. The van der Waals surface area contributed by atoms with Crippen molar-refractivity contribution in [3.05, 3.63) is 33.7 Å². The third-order valence-corrected chi connectivity index (χ3v) is 6.64. The number of nitrogens with zero attached hydrogens (tertiary/aromatic N) is 3. The highest BCUT2D eigenvalue weighted by atomic mass is 32.1. The van der Waals surface area contributed by atoms with E-state index in [0.717, 1.165) is 31.9 Å². The average Bonchev–Trinajstić information content (AvgIpc) is 2.99. The molecule has 2 aliphatic heterocycles. The van der Waals surface area contributed by atoms with E-state index in [1.165, 1.54) is 29.7 Å². The minimum atomic E-state index is 0.00317. The number of fused-ring (bicyclic) bond motifs is 1. The van der Waals surface area contributed by atoms with E-state index in [1.807, 2.05) is 11.3 Å². The topological polar surface area (TPSA) is 51.4 Å². The number of hydrogen-bond donors (Lipinski definition) is 0. The molecule has 2 aromatic rings. The molecule has 2 saturated heterocycles. The van der Waals surface area contributed by atoms with E-state index in [0.29, 0.717) is 23.8 Å². The highest BCUT2D eigenvalue weighted by Gasteiger charge is 2.42. The molecule has 0 N–H and O–H groups in total. The minimum Gasteiger partial charge on any atom is -0.422 e. The molecule has 3 aliphatic rings. The summed E-state index contributed by atoms with van der Waals surface area (Å²) < 4.78 is 12.2. The Morgan fingerprint density at radius 3 is 2.92 bits per heavy atom. The van der Waals surface area contributed by atoms with Crippen LogP contribution in [0.1, 0.15) is 59.9 Å². The fourth-order valence-electron chi connectivity index (χ4n) is 3.94. The summed E-state index contributed by atoms with van der Waals surface area (Å²) in [5.74, 6) is 2.66. The Hall–Kier alpha value is -1.24. The van der Waals surface area contributed by atoms with Crippen LogP contribution in [0.5, 0.6) is 0 Å². The fourth-order valence-corrected chi connectivity index (χ4v) is 4.89. The second kappa shape index (κ2) is 5.93. The zero-order valence-electron chi connectivity index (χ0n) is 14.0. The average molecular weight is 345 g/mol. The molecule has 1 aliphatic carbocycles. The molecule has 3 fully saturated rings. The molecule has 1 saturated carbocycles. The van der Waals surface area contributed by atoms with Gasteiger partial charge in [-0.2, -0.15) is 0 Å². The van der Waals surface area contributed by atoms with Gasteiger partial charge in [-0.05, 0) is 62.1 Å².